The number of nitrogens with one attached hydrogen (secondary N) is 2. The molecule has 9 nitrogen and oxygen atoms in total. The molecule has 4 heterocycles. The van der Waals surface area contributed by atoms with E-state index in [0.717, 1.165) is 29.5 Å². The van der Waals surface area contributed by atoms with E-state index < -0.39 is 11.8 Å². The highest BCUT2D eigenvalue weighted by Crippen LogP contribution is 2.35. The number of aromatic nitrogens is 2. The summed E-state index contributed by atoms with van der Waals surface area (Å²) in [5.74, 6) is -0.0394. The number of hydrogen-bond donors (Lipinski definition) is 3. The Morgan fingerprint density at radius 1 is 1.22 bits per heavy atom. The van der Waals surface area contributed by atoms with Gasteiger partial charge in [-0.15, -0.1) is 0 Å². The Hall–Kier alpha value is -3.49. The van der Waals surface area contributed by atoms with Gasteiger partial charge in [-0.2, -0.15) is 0 Å². The minimum absolute atomic E-state index is 0.0406. The minimum Gasteiger partial charge on any atom is -0.383 e. The molecule has 4 N–H and O–H groups in total. The maximum atomic E-state index is 13.2. The van der Waals surface area contributed by atoms with E-state index in [-0.39, 0.29) is 17.9 Å². The highest BCUT2D eigenvalue weighted by Gasteiger charge is 2.35. The Morgan fingerprint density at radius 3 is 2.81 bits per heavy atom. The monoisotopic (exact) mass is 436 g/mol. The van der Waals surface area contributed by atoms with Gasteiger partial charge in [-0.1, -0.05) is 13.8 Å². The lowest BCUT2D eigenvalue weighted by atomic mass is 9.89. The Balaban J connectivity index is 1.55. The van der Waals surface area contributed by atoms with Gasteiger partial charge < -0.3 is 21.3 Å². The molecule has 2 aliphatic heterocycles. The first-order valence-electron chi connectivity index (χ1n) is 11.0. The summed E-state index contributed by atoms with van der Waals surface area (Å²) in [6.45, 7) is 4.51. The first kappa shape index (κ1) is 21.7. The number of likely N-dealkylation sites (tertiary alicyclic amines) is 1. The normalized spacial score (nSPS) is 20.3. The van der Waals surface area contributed by atoms with E-state index in [0.29, 0.717) is 43.1 Å². The van der Waals surface area contributed by atoms with Gasteiger partial charge in [-0.25, -0.2) is 9.97 Å². The lowest BCUT2D eigenvalue weighted by Gasteiger charge is -2.38. The summed E-state index contributed by atoms with van der Waals surface area (Å²) in [6, 6.07) is 3.50. The van der Waals surface area contributed by atoms with Crippen LogP contribution in [-0.2, 0) is 27.2 Å². The Bertz CT molecular complexity index is 1070. The molecule has 1 fully saturated rings. The fourth-order valence-electron chi connectivity index (χ4n) is 4.37. The van der Waals surface area contributed by atoms with Crippen LogP contribution in [0.25, 0.3) is 0 Å². The smallest absolute Gasteiger partial charge is 0.313 e. The molecule has 0 aromatic carbocycles. The SMILES string of the molecule is CCc1cc(NC(=O)C(=O)N2C[C@H](C)CC[C@H]2c2cnc3c(c2)CCC(=O)N3)cnc1N. The maximum absolute atomic E-state index is 13.2. The van der Waals surface area contributed by atoms with Crippen molar-refractivity contribution in [2.45, 2.75) is 52.0 Å². The largest absolute Gasteiger partial charge is 0.383 e. The summed E-state index contributed by atoms with van der Waals surface area (Å²) in [7, 11) is 0. The second-order valence-electron chi connectivity index (χ2n) is 8.56. The zero-order valence-electron chi connectivity index (χ0n) is 18.4. The van der Waals surface area contributed by atoms with Gasteiger partial charge in [0.25, 0.3) is 0 Å². The molecule has 2 aromatic rings. The number of nitrogen functional groups attached to an aromatic ring is 1. The summed E-state index contributed by atoms with van der Waals surface area (Å²) >= 11 is 0. The average Bonchev–Trinajstić information content (AvgIpc) is 2.79. The third-order valence-corrected chi connectivity index (χ3v) is 6.16. The second kappa shape index (κ2) is 8.94. The van der Waals surface area contributed by atoms with E-state index >= 15 is 0 Å². The fourth-order valence-corrected chi connectivity index (χ4v) is 4.37. The van der Waals surface area contributed by atoms with Crippen molar-refractivity contribution in [3.05, 3.63) is 41.2 Å². The van der Waals surface area contributed by atoms with Gasteiger partial charge in [-0.3, -0.25) is 14.4 Å². The molecule has 4 rings (SSSR count). The highest BCUT2D eigenvalue weighted by molar-refractivity contribution is 6.39. The summed E-state index contributed by atoms with van der Waals surface area (Å²) in [5, 5.41) is 5.45. The summed E-state index contributed by atoms with van der Waals surface area (Å²) in [6.07, 6.45) is 6.55. The molecule has 2 atom stereocenters. The van der Waals surface area contributed by atoms with E-state index in [1.165, 1.54) is 6.20 Å². The van der Waals surface area contributed by atoms with Crippen molar-refractivity contribution in [3.8, 4) is 0 Å². The number of amides is 3. The molecule has 9 heteroatoms. The predicted molar refractivity (Wildman–Crippen MR) is 121 cm³/mol. The van der Waals surface area contributed by atoms with Gasteiger partial charge in [0.15, 0.2) is 0 Å². The van der Waals surface area contributed by atoms with Crippen molar-refractivity contribution in [3.63, 3.8) is 0 Å². The number of hydrogen-bond acceptors (Lipinski definition) is 6. The average molecular weight is 437 g/mol. The van der Waals surface area contributed by atoms with Gasteiger partial charge in [-0.05, 0) is 60.4 Å². The van der Waals surface area contributed by atoms with E-state index in [1.807, 2.05) is 13.0 Å². The zero-order chi connectivity index (χ0) is 22.8. The molecule has 2 aromatic heterocycles. The fraction of sp³-hybridized carbons (Fsp3) is 0.435. The maximum Gasteiger partial charge on any atom is 0.313 e. The van der Waals surface area contributed by atoms with Crippen LogP contribution in [0.15, 0.2) is 24.5 Å². The molecule has 0 bridgehead atoms. The highest BCUT2D eigenvalue weighted by atomic mass is 16.2. The van der Waals surface area contributed by atoms with Crippen LogP contribution in [0.5, 0.6) is 0 Å². The van der Waals surface area contributed by atoms with Crippen molar-refractivity contribution in [1.82, 2.24) is 14.9 Å². The van der Waals surface area contributed by atoms with Crippen molar-refractivity contribution in [1.29, 1.82) is 0 Å². The minimum atomic E-state index is -0.698. The molecular weight excluding hydrogens is 408 g/mol. The molecule has 0 unspecified atom stereocenters. The summed E-state index contributed by atoms with van der Waals surface area (Å²) in [4.78, 5) is 47.8. The first-order chi connectivity index (χ1) is 15.4. The number of anilines is 3. The van der Waals surface area contributed by atoms with Crippen molar-refractivity contribution < 1.29 is 14.4 Å². The number of nitrogens with zero attached hydrogens (tertiary/aromatic N) is 3. The number of carbonyl (C=O) groups is 3. The van der Waals surface area contributed by atoms with Crippen LogP contribution in [0.4, 0.5) is 17.3 Å². The number of piperidine rings is 1. The lowest BCUT2D eigenvalue weighted by molar-refractivity contribution is -0.146. The van der Waals surface area contributed by atoms with Crippen LogP contribution in [0.3, 0.4) is 0 Å². The molecular formula is C23H28N6O3. The third-order valence-electron chi connectivity index (χ3n) is 6.16. The zero-order valence-corrected chi connectivity index (χ0v) is 18.4. The Morgan fingerprint density at radius 2 is 2.03 bits per heavy atom. The summed E-state index contributed by atoms with van der Waals surface area (Å²) < 4.78 is 0. The van der Waals surface area contributed by atoms with Crippen LogP contribution < -0.4 is 16.4 Å². The van der Waals surface area contributed by atoms with Crippen LogP contribution in [-0.4, -0.2) is 39.1 Å². The van der Waals surface area contributed by atoms with Gasteiger partial charge >= 0.3 is 11.8 Å². The molecule has 168 valence electrons. The molecule has 0 spiro atoms. The number of carbonyl (C=O) groups excluding carboxylic acids is 3. The first-order valence-corrected chi connectivity index (χ1v) is 11.0. The van der Waals surface area contributed by atoms with Crippen LogP contribution in [0.2, 0.25) is 0 Å². The molecule has 3 amide bonds. The number of nitrogens with two attached hydrogens (primary N) is 1. The van der Waals surface area contributed by atoms with Crippen LogP contribution >= 0.6 is 0 Å². The Kier molecular flexibility index (Phi) is 6.07. The van der Waals surface area contributed by atoms with Crippen LogP contribution in [0, 0.1) is 5.92 Å². The van der Waals surface area contributed by atoms with Crippen molar-refractivity contribution in [2.75, 3.05) is 22.9 Å². The molecule has 0 aliphatic carbocycles. The quantitative estimate of drug-likeness (QED) is 0.634. The topological polar surface area (TPSA) is 130 Å². The molecule has 0 saturated carbocycles. The predicted octanol–water partition coefficient (Wildman–Crippen LogP) is 2.44. The number of aryl methyl sites for hydroxylation is 2. The third kappa shape index (κ3) is 4.42. The molecule has 32 heavy (non-hydrogen) atoms. The van der Waals surface area contributed by atoms with Gasteiger partial charge in [0.05, 0.1) is 17.9 Å². The molecule has 1 saturated heterocycles. The van der Waals surface area contributed by atoms with Crippen molar-refractivity contribution >= 4 is 35.0 Å². The second-order valence-corrected chi connectivity index (χ2v) is 8.56. The van der Waals surface area contributed by atoms with E-state index in [9.17, 15) is 14.4 Å². The Labute approximate surface area is 186 Å². The van der Waals surface area contributed by atoms with E-state index in [2.05, 4.69) is 27.5 Å². The number of fused-ring (bicyclic) bond motifs is 1. The van der Waals surface area contributed by atoms with Crippen molar-refractivity contribution in [2.24, 2.45) is 5.92 Å². The molecule has 0 radical (unpaired) electrons. The lowest BCUT2D eigenvalue weighted by Crippen LogP contribution is -2.46. The van der Waals surface area contributed by atoms with E-state index in [1.54, 1.807) is 17.2 Å². The van der Waals surface area contributed by atoms with Crippen LogP contribution in [0.1, 0.15) is 55.8 Å². The van der Waals surface area contributed by atoms with Gasteiger partial charge in [0, 0.05) is 19.2 Å². The standard InChI is InChI=1S/C23H28N6O3/c1-3-14-9-17(11-25-20(14)24)27-22(31)23(32)29-12-13(2)4-6-18(29)16-8-15-5-7-19(30)28-21(15)26-10-16/h8-11,13,18H,3-7,12H2,1-2H3,(H2,24,25)(H,27,31)(H,26,28,30)/t13-,18+/m1/s1. The molecule has 2 aliphatic rings. The van der Waals surface area contributed by atoms with Gasteiger partial charge in [0.1, 0.15) is 11.6 Å². The number of pyridine rings is 2. The van der Waals surface area contributed by atoms with Gasteiger partial charge in [0.2, 0.25) is 5.91 Å². The number of rotatable bonds is 3. The van der Waals surface area contributed by atoms with E-state index in [4.69, 9.17) is 5.73 Å². The summed E-state index contributed by atoms with van der Waals surface area (Å²) in [5.41, 5.74) is 8.93.